The van der Waals surface area contributed by atoms with Crippen LogP contribution in [0.1, 0.15) is 19.3 Å². The zero-order valence-electron chi connectivity index (χ0n) is 10.1. The van der Waals surface area contributed by atoms with Crippen molar-refractivity contribution in [3.63, 3.8) is 0 Å². The molecule has 1 atom stereocenters. The molecule has 1 aromatic rings. The van der Waals surface area contributed by atoms with E-state index in [1.54, 1.807) is 6.20 Å². The number of nitrogens with one attached hydrogen (secondary N) is 1. The Kier molecular flexibility index (Phi) is 3.67. The van der Waals surface area contributed by atoms with Crippen LogP contribution in [0.3, 0.4) is 0 Å². The molecule has 2 aliphatic heterocycles. The first-order valence-corrected chi connectivity index (χ1v) is 7.32. The van der Waals surface area contributed by atoms with Gasteiger partial charge in [-0.25, -0.2) is 9.97 Å². The third kappa shape index (κ3) is 2.60. The molecule has 1 unspecified atom stereocenters. The smallest absolute Gasteiger partial charge is 0.230 e. The van der Waals surface area contributed by atoms with Gasteiger partial charge in [0.05, 0.1) is 15.8 Å². The second-order valence-corrected chi connectivity index (χ2v) is 6.03. The van der Waals surface area contributed by atoms with E-state index in [9.17, 15) is 0 Å². The molecule has 1 aromatic heterocycles. The van der Waals surface area contributed by atoms with E-state index in [4.69, 9.17) is 9.47 Å². The third-order valence-electron chi connectivity index (χ3n) is 3.60. The second-order valence-electron chi connectivity index (χ2n) is 4.86. The number of hydrogen-bond acceptors (Lipinski definition) is 5. The van der Waals surface area contributed by atoms with Gasteiger partial charge in [-0.3, -0.25) is 0 Å². The van der Waals surface area contributed by atoms with E-state index in [-0.39, 0.29) is 11.7 Å². The molecule has 2 fully saturated rings. The topological polar surface area (TPSA) is 56.3 Å². The Balaban J connectivity index is 1.64. The fourth-order valence-electron chi connectivity index (χ4n) is 2.66. The van der Waals surface area contributed by atoms with E-state index >= 15 is 0 Å². The van der Waals surface area contributed by atoms with Gasteiger partial charge >= 0.3 is 0 Å². The van der Waals surface area contributed by atoms with Gasteiger partial charge in [-0.15, -0.1) is 0 Å². The van der Waals surface area contributed by atoms with Crippen LogP contribution in [-0.2, 0) is 4.74 Å². The number of halogens is 1. The van der Waals surface area contributed by atoms with Gasteiger partial charge in [-0.05, 0) is 48.5 Å². The van der Waals surface area contributed by atoms with E-state index in [1.807, 2.05) is 0 Å². The average molecular weight is 361 g/mol. The van der Waals surface area contributed by atoms with Crippen molar-refractivity contribution >= 4 is 22.6 Å². The van der Waals surface area contributed by atoms with Crippen LogP contribution in [0.5, 0.6) is 5.88 Å². The highest BCUT2D eigenvalue weighted by atomic mass is 127. The lowest BCUT2D eigenvalue weighted by atomic mass is 9.89. The second kappa shape index (κ2) is 5.26. The lowest BCUT2D eigenvalue weighted by molar-refractivity contribution is -0.0206. The molecule has 0 amide bonds. The number of nitrogens with zero attached hydrogens (tertiary/aromatic N) is 2. The Morgan fingerprint density at radius 1 is 1.44 bits per heavy atom. The Morgan fingerprint density at radius 2 is 2.28 bits per heavy atom. The molecule has 18 heavy (non-hydrogen) atoms. The molecule has 0 aliphatic carbocycles. The fraction of sp³-hybridized carbons (Fsp3) is 0.667. The molecule has 5 nitrogen and oxygen atoms in total. The molecule has 0 aromatic carbocycles. The van der Waals surface area contributed by atoms with Gasteiger partial charge in [0.1, 0.15) is 12.4 Å². The van der Waals surface area contributed by atoms with Gasteiger partial charge in [0.2, 0.25) is 5.88 Å². The van der Waals surface area contributed by atoms with E-state index in [0.717, 1.165) is 35.9 Å². The number of ether oxygens (including phenoxy) is 2. The van der Waals surface area contributed by atoms with Crippen LogP contribution in [0.25, 0.3) is 0 Å². The first-order valence-electron chi connectivity index (χ1n) is 6.24. The molecule has 3 rings (SSSR count). The molecule has 2 saturated heterocycles. The lowest BCUT2D eigenvalue weighted by Gasteiger charge is -2.32. The maximum atomic E-state index is 6.00. The van der Waals surface area contributed by atoms with Gasteiger partial charge < -0.3 is 14.8 Å². The van der Waals surface area contributed by atoms with Crippen molar-refractivity contribution in [3.8, 4) is 5.88 Å². The Hall–Kier alpha value is -0.470. The molecule has 1 spiro atoms. The van der Waals surface area contributed by atoms with Crippen LogP contribution < -0.4 is 10.1 Å². The average Bonchev–Trinajstić information content (AvgIpc) is 2.76. The Bertz CT molecular complexity index is 424. The highest BCUT2D eigenvalue weighted by molar-refractivity contribution is 14.1. The predicted octanol–water partition coefficient (Wildman–Crippen LogP) is 1.37. The fourth-order valence-corrected chi connectivity index (χ4v) is 3.08. The van der Waals surface area contributed by atoms with Gasteiger partial charge in [-0.2, -0.15) is 0 Å². The molecular weight excluding hydrogens is 345 g/mol. The summed E-state index contributed by atoms with van der Waals surface area (Å²) in [6.45, 7) is 2.75. The Labute approximate surface area is 120 Å². The van der Waals surface area contributed by atoms with E-state index in [2.05, 4.69) is 37.9 Å². The van der Waals surface area contributed by atoms with Gasteiger partial charge in [0.15, 0.2) is 0 Å². The molecule has 0 bridgehead atoms. The summed E-state index contributed by atoms with van der Waals surface area (Å²) in [6, 6.07) is 0. The van der Waals surface area contributed by atoms with Crippen LogP contribution in [0.15, 0.2) is 12.5 Å². The molecule has 3 heterocycles. The number of hydrogen-bond donors (Lipinski definition) is 1. The van der Waals surface area contributed by atoms with Crippen LogP contribution in [-0.4, -0.2) is 41.4 Å². The van der Waals surface area contributed by atoms with Crippen molar-refractivity contribution < 1.29 is 9.47 Å². The van der Waals surface area contributed by atoms with Gasteiger partial charge in [0, 0.05) is 12.6 Å². The van der Waals surface area contributed by atoms with Crippen LogP contribution >= 0.6 is 22.6 Å². The van der Waals surface area contributed by atoms with Crippen LogP contribution in [0.2, 0.25) is 0 Å². The quantitative estimate of drug-likeness (QED) is 0.807. The summed E-state index contributed by atoms with van der Waals surface area (Å²) in [5, 5.41) is 3.37. The van der Waals surface area contributed by atoms with Crippen molar-refractivity contribution in [2.75, 3.05) is 19.7 Å². The molecule has 98 valence electrons. The van der Waals surface area contributed by atoms with Gasteiger partial charge in [-0.1, -0.05) is 0 Å². The largest absolute Gasteiger partial charge is 0.471 e. The third-order valence-corrected chi connectivity index (χ3v) is 4.34. The predicted molar refractivity (Wildman–Crippen MR) is 74.6 cm³/mol. The molecule has 6 heteroatoms. The molecule has 0 saturated carbocycles. The number of rotatable bonds is 2. The van der Waals surface area contributed by atoms with Crippen LogP contribution in [0, 0.1) is 3.57 Å². The first-order chi connectivity index (χ1) is 8.77. The van der Waals surface area contributed by atoms with E-state index in [0.29, 0.717) is 12.5 Å². The summed E-state index contributed by atoms with van der Waals surface area (Å²) in [5.41, 5.74) is 0.0361. The monoisotopic (exact) mass is 361 g/mol. The van der Waals surface area contributed by atoms with Crippen LogP contribution in [0.4, 0.5) is 0 Å². The highest BCUT2D eigenvalue weighted by Crippen LogP contribution is 2.35. The zero-order chi connectivity index (χ0) is 12.4. The van der Waals surface area contributed by atoms with E-state index < -0.39 is 0 Å². The molecule has 1 N–H and O–H groups in total. The normalized spacial score (nSPS) is 26.4. The van der Waals surface area contributed by atoms with Crippen molar-refractivity contribution in [1.29, 1.82) is 0 Å². The summed E-state index contributed by atoms with van der Waals surface area (Å²) in [4.78, 5) is 8.13. The van der Waals surface area contributed by atoms with Gasteiger partial charge in [0.25, 0.3) is 0 Å². The summed E-state index contributed by atoms with van der Waals surface area (Å²) >= 11 is 2.19. The number of piperidine rings is 1. The Morgan fingerprint density at radius 3 is 3.06 bits per heavy atom. The lowest BCUT2D eigenvalue weighted by Crippen LogP contribution is -2.41. The summed E-state index contributed by atoms with van der Waals surface area (Å²) in [7, 11) is 0. The molecule has 2 aliphatic rings. The van der Waals surface area contributed by atoms with E-state index in [1.165, 1.54) is 6.33 Å². The summed E-state index contributed by atoms with van der Waals surface area (Å²) in [6.07, 6.45) is 6.52. The first kappa shape index (κ1) is 12.6. The number of aromatic nitrogens is 2. The zero-order valence-corrected chi connectivity index (χ0v) is 12.2. The SMILES string of the molecule is Ic1cncnc1OC1COC2(CCNCC2)C1. The maximum absolute atomic E-state index is 6.00. The maximum Gasteiger partial charge on any atom is 0.230 e. The van der Waals surface area contributed by atoms with Crippen molar-refractivity contribution in [2.24, 2.45) is 0 Å². The summed E-state index contributed by atoms with van der Waals surface area (Å²) in [5.74, 6) is 0.671. The van der Waals surface area contributed by atoms with Crippen molar-refractivity contribution in [1.82, 2.24) is 15.3 Å². The molecular formula is C12H16IN3O2. The highest BCUT2D eigenvalue weighted by Gasteiger charge is 2.42. The summed E-state index contributed by atoms with van der Waals surface area (Å²) < 4.78 is 12.9. The minimum Gasteiger partial charge on any atom is -0.471 e. The minimum atomic E-state index is 0.0361. The molecule has 0 radical (unpaired) electrons. The minimum absolute atomic E-state index is 0.0361. The van der Waals surface area contributed by atoms with Crippen molar-refractivity contribution in [3.05, 3.63) is 16.1 Å². The van der Waals surface area contributed by atoms with Crippen molar-refractivity contribution in [2.45, 2.75) is 31.0 Å². The standard InChI is InChI=1S/C12H16IN3O2/c13-10-6-15-8-16-11(10)18-9-5-12(17-7-9)1-3-14-4-2-12/h6,8-9,14H,1-5,7H2.